The van der Waals surface area contributed by atoms with Crippen LogP contribution in [0.1, 0.15) is 90.9 Å². The van der Waals surface area contributed by atoms with Crippen molar-refractivity contribution in [2.24, 2.45) is 0 Å². The normalized spacial score (nSPS) is 10.6. The van der Waals surface area contributed by atoms with Crippen LogP contribution in [0.2, 0.25) is 0 Å². The Hall–Kier alpha value is -2.02. The van der Waals surface area contributed by atoms with Crippen LogP contribution in [-0.4, -0.2) is 24.1 Å². The van der Waals surface area contributed by atoms with Gasteiger partial charge in [0.05, 0.1) is 22.1 Å². The molecule has 0 radical (unpaired) electrons. The average molecular weight is 693 g/mol. The average Bonchev–Trinajstić information content (AvgIpc) is 3.55. The number of nitrogens with zero attached hydrogens (tertiary/aromatic N) is 5. The van der Waals surface area contributed by atoms with E-state index in [9.17, 15) is 0 Å². The molecule has 9 heteroatoms. The monoisotopic (exact) mass is 691 g/mol. The van der Waals surface area contributed by atoms with Crippen molar-refractivity contribution in [3.63, 3.8) is 0 Å². The Morgan fingerprint density at radius 3 is 1.27 bits per heavy atom. The summed E-state index contributed by atoms with van der Waals surface area (Å²) >= 11 is 0. The summed E-state index contributed by atoms with van der Waals surface area (Å²) in [5.74, 6) is 1.91. The van der Waals surface area contributed by atoms with Crippen molar-refractivity contribution >= 4 is 22.1 Å². The quantitative estimate of drug-likeness (QED) is 0.144. The van der Waals surface area contributed by atoms with Gasteiger partial charge in [0, 0.05) is 13.1 Å². The summed E-state index contributed by atoms with van der Waals surface area (Å²) in [6, 6.07) is 23.3. The minimum Gasteiger partial charge on any atom is -1.00 e. The number of hydrogen-bond acceptors (Lipinski definition) is 3. The summed E-state index contributed by atoms with van der Waals surface area (Å²) in [6.07, 6.45) is 15.3. The molecule has 5 aromatic rings. The van der Waals surface area contributed by atoms with Crippen molar-refractivity contribution in [2.45, 2.75) is 104 Å². The van der Waals surface area contributed by atoms with Gasteiger partial charge in [0.25, 0.3) is 0 Å². The van der Waals surface area contributed by atoms with Gasteiger partial charge in [-0.15, -0.1) is 0 Å². The maximum absolute atomic E-state index is 5.20. The van der Waals surface area contributed by atoms with E-state index in [-0.39, 0.29) is 55.8 Å². The Morgan fingerprint density at radius 2 is 0.841 bits per heavy atom. The molecular weight excluding hydrogens is 648 g/mol. The van der Waals surface area contributed by atoms with Gasteiger partial charge in [-0.2, -0.15) is 0 Å². The minimum absolute atomic E-state index is 0. The predicted molar refractivity (Wildman–Crippen MR) is 168 cm³/mol. The number of aryl methyl sites for hydroxylation is 2. The molecule has 0 saturated carbocycles. The molecule has 0 fully saturated rings. The van der Waals surface area contributed by atoms with E-state index in [0.29, 0.717) is 0 Å². The van der Waals surface area contributed by atoms with Gasteiger partial charge in [-0.3, -0.25) is 0 Å². The molecule has 0 unspecified atom stereocenters. The zero-order valence-corrected chi connectivity index (χ0v) is 29.7. The molecule has 44 heavy (non-hydrogen) atoms. The molecule has 5 nitrogen and oxygen atoms in total. The fourth-order valence-electron chi connectivity index (χ4n) is 5.78. The number of rotatable bonds is 16. The van der Waals surface area contributed by atoms with E-state index >= 15 is 0 Å². The van der Waals surface area contributed by atoms with E-state index in [0.717, 1.165) is 60.0 Å². The topological polar surface area (TPSA) is 48.5 Å². The molecule has 0 aliphatic heterocycles. The third kappa shape index (κ3) is 9.99. The van der Waals surface area contributed by atoms with Crippen molar-refractivity contribution in [2.75, 3.05) is 0 Å². The fourth-order valence-corrected chi connectivity index (χ4v) is 5.78. The van der Waals surface area contributed by atoms with Gasteiger partial charge in [-0.05, 0) is 49.2 Å². The van der Waals surface area contributed by atoms with Gasteiger partial charge in [0.15, 0.2) is 11.6 Å². The van der Waals surface area contributed by atoms with Crippen LogP contribution in [0.5, 0.6) is 0 Å². The Labute approximate surface area is 294 Å². The zero-order chi connectivity index (χ0) is 27.6. The smallest absolute Gasteiger partial charge is 1.00 e. The van der Waals surface area contributed by atoms with E-state index in [1.807, 2.05) is 0 Å². The molecule has 2 aromatic carbocycles. The first-order valence-electron chi connectivity index (χ1n) is 15.7. The largest absolute Gasteiger partial charge is 3.00 e. The molecule has 0 atom stereocenters. The Kier molecular flexibility index (Phi) is 19.0. The molecule has 0 saturated heterocycles. The Bertz CT molecular complexity index is 1410. The van der Waals surface area contributed by atoms with Crippen LogP contribution in [0.15, 0.2) is 66.7 Å². The van der Waals surface area contributed by atoms with Crippen LogP contribution in [0.3, 0.4) is 0 Å². The first-order chi connectivity index (χ1) is 19.8. The first-order valence-corrected chi connectivity index (χ1v) is 15.7. The van der Waals surface area contributed by atoms with E-state index < -0.39 is 0 Å². The number of imidazole rings is 2. The third-order valence-corrected chi connectivity index (χ3v) is 7.99. The number of aromatic nitrogens is 5. The van der Waals surface area contributed by atoms with Gasteiger partial charge in [-0.25, -0.2) is 15.0 Å². The third-order valence-electron chi connectivity index (χ3n) is 7.99. The zero-order valence-electron chi connectivity index (χ0n) is 26.1. The maximum atomic E-state index is 5.20. The van der Waals surface area contributed by atoms with Gasteiger partial charge >= 0.3 is 18.6 Å². The molecule has 0 spiro atoms. The molecular formula is C35H45Cl3N5V. The molecule has 0 N–H and O–H groups in total. The van der Waals surface area contributed by atoms with E-state index in [4.69, 9.17) is 15.0 Å². The standard InChI is InChI=1S/C35H45N5.3ClH.V/c1-3-5-7-9-11-17-26-39-32-24-15-13-20-28(32)37-34(39)30-22-19-23-31(36-30)35-38-29-21-14-16-25-33(29)40(35)27-18-12-10-8-6-4-2;;;;/h13-16,19-25H,3-12,17-18,26-27H2,1-2H3;3*1H;/q;;;;+3/p-3. The van der Waals surface area contributed by atoms with Crippen molar-refractivity contribution in [1.29, 1.82) is 0 Å². The fraction of sp³-hybridized carbons (Fsp3) is 0.457. The Morgan fingerprint density at radius 1 is 0.455 bits per heavy atom. The van der Waals surface area contributed by atoms with Gasteiger partial charge < -0.3 is 46.4 Å². The van der Waals surface area contributed by atoms with E-state index in [2.05, 4.69) is 89.7 Å². The summed E-state index contributed by atoms with van der Waals surface area (Å²) in [6.45, 7) is 6.47. The van der Waals surface area contributed by atoms with Gasteiger partial charge in [0.1, 0.15) is 11.4 Å². The number of hydrogen-bond donors (Lipinski definition) is 0. The second kappa shape index (κ2) is 20.9. The number of halogens is 3. The van der Waals surface area contributed by atoms with Crippen LogP contribution in [0.4, 0.5) is 0 Å². The van der Waals surface area contributed by atoms with E-state index in [1.54, 1.807) is 0 Å². The SMILES string of the molecule is CCCCCCCCn1c(-c2cccc(-c3nc4ccccc4n3CCCCCCCC)n2)nc2ccccc21.[Cl-].[Cl-].[Cl-].[V+3]. The number of para-hydroxylation sites is 4. The summed E-state index contributed by atoms with van der Waals surface area (Å²) in [5, 5.41) is 0. The van der Waals surface area contributed by atoms with Crippen molar-refractivity contribution < 1.29 is 55.8 Å². The van der Waals surface area contributed by atoms with E-state index in [1.165, 1.54) is 75.2 Å². The molecule has 3 heterocycles. The second-order valence-electron chi connectivity index (χ2n) is 11.1. The van der Waals surface area contributed by atoms with Crippen molar-refractivity contribution in [1.82, 2.24) is 24.1 Å². The summed E-state index contributed by atoms with van der Waals surface area (Å²) < 4.78 is 4.75. The molecule has 0 aliphatic carbocycles. The van der Waals surface area contributed by atoms with Crippen molar-refractivity contribution in [3.05, 3.63) is 66.7 Å². The van der Waals surface area contributed by atoms with Crippen LogP contribution in [0, 0.1) is 0 Å². The summed E-state index contributed by atoms with van der Waals surface area (Å²) in [4.78, 5) is 15.3. The molecule has 3 aromatic heterocycles. The van der Waals surface area contributed by atoms with Crippen LogP contribution >= 0.6 is 0 Å². The molecule has 236 valence electrons. The molecule has 5 rings (SSSR count). The van der Waals surface area contributed by atoms with Gasteiger partial charge in [-0.1, -0.05) is 108 Å². The second-order valence-corrected chi connectivity index (χ2v) is 11.1. The van der Waals surface area contributed by atoms with Gasteiger partial charge in [0.2, 0.25) is 0 Å². The van der Waals surface area contributed by atoms with Crippen LogP contribution in [0.25, 0.3) is 45.1 Å². The molecule has 0 amide bonds. The van der Waals surface area contributed by atoms with Crippen LogP contribution < -0.4 is 37.2 Å². The minimum atomic E-state index is 0. The predicted octanol–water partition coefficient (Wildman–Crippen LogP) is 0.846. The number of benzene rings is 2. The number of pyridine rings is 1. The first kappa shape index (κ1) is 40.0. The number of unbranched alkanes of at least 4 members (excludes halogenated alkanes) is 10. The molecule has 0 aliphatic rings. The summed E-state index contributed by atoms with van der Waals surface area (Å²) in [5.41, 5.74) is 6.27. The number of fused-ring (bicyclic) bond motifs is 2. The summed E-state index contributed by atoms with van der Waals surface area (Å²) in [7, 11) is 0. The Balaban J connectivity index is 0.00000242. The maximum Gasteiger partial charge on any atom is 3.00 e. The molecule has 0 bridgehead atoms. The van der Waals surface area contributed by atoms with Crippen LogP contribution in [-0.2, 0) is 31.6 Å². The van der Waals surface area contributed by atoms with Crippen molar-refractivity contribution in [3.8, 4) is 23.0 Å².